The standard InChI is InChI=1S/C13H20F3N3O/c14-13(15,16)12(4-5-12)7-18-10(20)19-6-9(17)11(8-19)2-1-3-11/h9H,1-8,17H2,(H,18,20). The zero-order chi connectivity index (χ0) is 14.6. The third kappa shape index (κ3) is 2.06. The number of rotatable bonds is 2. The van der Waals surface area contributed by atoms with Crippen molar-refractivity contribution in [3.63, 3.8) is 0 Å². The first-order chi connectivity index (χ1) is 9.28. The molecule has 20 heavy (non-hydrogen) atoms. The molecule has 1 saturated heterocycles. The highest BCUT2D eigenvalue weighted by Crippen LogP contribution is 2.57. The second-order valence-electron chi connectivity index (χ2n) is 6.64. The number of halogens is 3. The molecule has 0 aromatic carbocycles. The average molecular weight is 291 g/mol. The Morgan fingerprint density at radius 1 is 1.30 bits per heavy atom. The maximum atomic E-state index is 12.8. The van der Waals surface area contributed by atoms with Gasteiger partial charge in [-0.3, -0.25) is 0 Å². The lowest BCUT2D eigenvalue weighted by atomic mass is 9.66. The van der Waals surface area contributed by atoms with Crippen LogP contribution in [-0.2, 0) is 0 Å². The second kappa shape index (κ2) is 4.26. The first kappa shape index (κ1) is 14.0. The van der Waals surface area contributed by atoms with Crippen LogP contribution in [0.5, 0.6) is 0 Å². The van der Waals surface area contributed by atoms with Crippen molar-refractivity contribution in [2.45, 2.75) is 44.3 Å². The third-order valence-electron chi connectivity index (χ3n) is 5.38. The number of likely N-dealkylation sites (tertiary alicyclic amines) is 1. The van der Waals surface area contributed by atoms with E-state index in [9.17, 15) is 18.0 Å². The Kier molecular flexibility index (Phi) is 2.97. The summed E-state index contributed by atoms with van der Waals surface area (Å²) in [5.74, 6) is 0. The molecule has 2 saturated carbocycles. The fourth-order valence-electron chi connectivity index (χ4n) is 3.38. The lowest BCUT2D eigenvalue weighted by molar-refractivity contribution is -0.184. The molecule has 1 unspecified atom stereocenters. The van der Waals surface area contributed by atoms with E-state index in [1.807, 2.05) is 0 Å². The Morgan fingerprint density at radius 3 is 2.35 bits per heavy atom. The van der Waals surface area contributed by atoms with Gasteiger partial charge in [-0.2, -0.15) is 13.2 Å². The molecule has 3 aliphatic rings. The fraction of sp³-hybridized carbons (Fsp3) is 0.923. The molecule has 4 nitrogen and oxygen atoms in total. The summed E-state index contributed by atoms with van der Waals surface area (Å²) in [7, 11) is 0. The van der Waals surface area contributed by atoms with Crippen LogP contribution in [0.25, 0.3) is 0 Å². The summed E-state index contributed by atoms with van der Waals surface area (Å²) in [6.45, 7) is 0.720. The molecule has 7 heteroatoms. The quantitative estimate of drug-likeness (QED) is 0.816. The molecular formula is C13H20F3N3O. The number of hydrogen-bond acceptors (Lipinski definition) is 2. The van der Waals surface area contributed by atoms with E-state index in [2.05, 4.69) is 5.32 Å². The highest BCUT2D eigenvalue weighted by molar-refractivity contribution is 5.75. The van der Waals surface area contributed by atoms with Gasteiger partial charge in [0.1, 0.15) is 0 Å². The molecule has 1 atom stereocenters. The summed E-state index contributed by atoms with van der Waals surface area (Å²) >= 11 is 0. The van der Waals surface area contributed by atoms with Crippen molar-refractivity contribution in [1.82, 2.24) is 10.2 Å². The van der Waals surface area contributed by atoms with Gasteiger partial charge in [-0.1, -0.05) is 6.42 Å². The van der Waals surface area contributed by atoms with Gasteiger partial charge in [0.15, 0.2) is 0 Å². The van der Waals surface area contributed by atoms with Crippen LogP contribution < -0.4 is 11.1 Å². The van der Waals surface area contributed by atoms with E-state index in [4.69, 9.17) is 5.73 Å². The van der Waals surface area contributed by atoms with Gasteiger partial charge in [0, 0.05) is 31.1 Å². The molecule has 0 bridgehead atoms. The lowest BCUT2D eigenvalue weighted by Crippen LogP contribution is -2.46. The van der Waals surface area contributed by atoms with Gasteiger partial charge < -0.3 is 16.0 Å². The van der Waals surface area contributed by atoms with Crippen molar-refractivity contribution in [2.24, 2.45) is 16.6 Å². The molecule has 0 radical (unpaired) electrons. The van der Waals surface area contributed by atoms with Crippen LogP contribution >= 0.6 is 0 Å². The van der Waals surface area contributed by atoms with E-state index in [-0.39, 0.29) is 30.8 Å². The predicted molar refractivity (Wildman–Crippen MR) is 67.0 cm³/mol. The number of nitrogens with zero attached hydrogens (tertiary/aromatic N) is 1. The normalized spacial score (nSPS) is 30.2. The number of alkyl halides is 3. The van der Waals surface area contributed by atoms with E-state index in [1.165, 1.54) is 0 Å². The summed E-state index contributed by atoms with van der Waals surface area (Å²) in [6.07, 6.45) is -0.841. The predicted octanol–water partition coefficient (Wildman–Crippen LogP) is 1.85. The molecule has 1 spiro atoms. The SMILES string of the molecule is NC1CN(C(=O)NCC2(C(F)(F)F)CC2)CC12CCC2. The van der Waals surface area contributed by atoms with Gasteiger partial charge in [-0.25, -0.2) is 4.79 Å². The van der Waals surface area contributed by atoms with Gasteiger partial charge in [0.25, 0.3) is 0 Å². The molecule has 1 aliphatic heterocycles. The maximum Gasteiger partial charge on any atom is 0.396 e. The van der Waals surface area contributed by atoms with Crippen molar-refractivity contribution in [1.29, 1.82) is 0 Å². The van der Waals surface area contributed by atoms with Crippen LogP contribution in [0.15, 0.2) is 0 Å². The Hall–Kier alpha value is -0.980. The Bertz CT molecular complexity index is 416. The first-order valence-electron chi connectivity index (χ1n) is 7.13. The summed E-state index contributed by atoms with van der Waals surface area (Å²) in [4.78, 5) is 13.6. The van der Waals surface area contributed by atoms with Crippen molar-refractivity contribution >= 4 is 6.03 Å². The van der Waals surface area contributed by atoms with Gasteiger partial charge in [0.2, 0.25) is 0 Å². The second-order valence-corrected chi connectivity index (χ2v) is 6.64. The minimum Gasteiger partial charge on any atom is -0.337 e. The van der Waals surface area contributed by atoms with Gasteiger partial charge in [-0.15, -0.1) is 0 Å². The van der Waals surface area contributed by atoms with Crippen LogP contribution in [-0.4, -0.2) is 42.8 Å². The maximum absolute atomic E-state index is 12.8. The average Bonchev–Trinajstić information content (AvgIpc) is 3.02. The van der Waals surface area contributed by atoms with Crippen molar-refractivity contribution < 1.29 is 18.0 Å². The Balaban J connectivity index is 1.54. The Morgan fingerprint density at radius 2 is 1.95 bits per heavy atom. The van der Waals surface area contributed by atoms with Crippen LogP contribution in [0.2, 0.25) is 0 Å². The first-order valence-corrected chi connectivity index (χ1v) is 7.13. The van der Waals surface area contributed by atoms with Crippen molar-refractivity contribution in [3.8, 4) is 0 Å². The fourth-order valence-corrected chi connectivity index (χ4v) is 3.38. The molecular weight excluding hydrogens is 271 g/mol. The molecule has 0 aromatic heterocycles. The number of amides is 2. The lowest BCUT2D eigenvalue weighted by Gasteiger charge is -2.41. The number of carbonyl (C=O) groups excluding carboxylic acids is 1. The molecule has 3 N–H and O–H groups in total. The number of carbonyl (C=O) groups is 1. The minimum absolute atomic E-state index is 0.0264. The van der Waals surface area contributed by atoms with E-state index in [0.717, 1.165) is 19.3 Å². The number of hydrogen-bond donors (Lipinski definition) is 2. The molecule has 2 amide bonds. The van der Waals surface area contributed by atoms with E-state index in [1.54, 1.807) is 4.90 Å². The summed E-state index contributed by atoms with van der Waals surface area (Å²) < 4.78 is 38.4. The Labute approximate surface area is 115 Å². The van der Waals surface area contributed by atoms with Crippen LogP contribution in [0, 0.1) is 10.8 Å². The zero-order valence-corrected chi connectivity index (χ0v) is 11.3. The smallest absolute Gasteiger partial charge is 0.337 e. The van der Waals surface area contributed by atoms with Gasteiger partial charge in [0.05, 0.1) is 5.41 Å². The highest BCUT2D eigenvalue weighted by Gasteiger charge is 2.63. The van der Waals surface area contributed by atoms with E-state index < -0.39 is 17.6 Å². The minimum atomic E-state index is -4.23. The molecule has 3 fully saturated rings. The topological polar surface area (TPSA) is 58.4 Å². The van der Waals surface area contributed by atoms with E-state index >= 15 is 0 Å². The third-order valence-corrected chi connectivity index (χ3v) is 5.38. The monoisotopic (exact) mass is 291 g/mol. The van der Waals surface area contributed by atoms with Crippen molar-refractivity contribution in [3.05, 3.63) is 0 Å². The van der Waals surface area contributed by atoms with Crippen LogP contribution in [0.1, 0.15) is 32.1 Å². The molecule has 0 aromatic rings. The van der Waals surface area contributed by atoms with Crippen LogP contribution in [0.3, 0.4) is 0 Å². The van der Waals surface area contributed by atoms with Gasteiger partial charge >= 0.3 is 12.2 Å². The highest BCUT2D eigenvalue weighted by atomic mass is 19.4. The number of nitrogens with two attached hydrogens (primary N) is 1. The van der Waals surface area contributed by atoms with Crippen LogP contribution in [0.4, 0.5) is 18.0 Å². The molecule has 114 valence electrons. The van der Waals surface area contributed by atoms with Crippen molar-refractivity contribution in [2.75, 3.05) is 19.6 Å². The molecule has 3 rings (SSSR count). The number of urea groups is 1. The summed E-state index contributed by atoms with van der Waals surface area (Å²) in [6, 6.07) is -0.445. The zero-order valence-electron chi connectivity index (χ0n) is 11.3. The number of nitrogens with one attached hydrogen (secondary N) is 1. The molecule has 1 heterocycles. The summed E-state index contributed by atoms with van der Waals surface area (Å²) in [5, 5.41) is 2.45. The largest absolute Gasteiger partial charge is 0.396 e. The van der Waals surface area contributed by atoms with E-state index in [0.29, 0.717) is 13.1 Å². The molecule has 2 aliphatic carbocycles. The van der Waals surface area contributed by atoms with Gasteiger partial charge in [-0.05, 0) is 25.7 Å². The summed E-state index contributed by atoms with van der Waals surface area (Å²) in [5.41, 5.74) is 4.41.